The van der Waals surface area contributed by atoms with Gasteiger partial charge in [-0.15, -0.1) is 0 Å². The molecule has 33 heavy (non-hydrogen) atoms. The van der Waals surface area contributed by atoms with Gasteiger partial charge in [-0.3, -0.25) is 9.69 Å². The highest BCUT2D eigenvalue weighted by atomic mass is 16.5. The number of piperazine rings is 1. The van der Waals surface area contributed by atoms with Crippen LogP contribution in [0.15, 0.2) is 47.6 Å². The van der Waals surface area contributed by atoms with Crippen LogP contribution in [0, 0.1) is 6.92 Å². The summed E-state index contributed by atoms with van der Waals surface area (Å²) in [6.07, 6.45) is 0.640. The summed E-state index contributed by atoms with van der Waals surface area (Å²) in [7, 11) is 3.28. The fourth-order valence-electron chi connectivity index (χ4n) is 4.52. The van der Waals surface area contributed by atoms with Crippen LogP contribution in [0.1, 0.15) is 36.1 Å². The first-order valence-corrected chi connectivity index (χ1v) is 11.7. The van der Waals surface area contributed by atoms with E-state index in [9.17, 15) is 4.79 Å². The molecular weight excluding hydrogens is 416 g/mol. The SMILES string of the molecule is CCN1CCN(CC(=O)N2N=C(c3ccc(OC)cc3OC)C[C@@H]2c2ccc(C)cc2)CC1. The minimum atomic E-state index is -0.128. The Morgan fingerprint density at radius 2 is 1.70 bits per heavy atom. The summed E-state index contributed by atoms with van der Waals surface area (Å²) in [4.78, 5) is 18.1. The van der Waals surface area contributed by atoms with Crippen LogP contribution in [0.2, 0.25) is 0 Å². The van der Waals surface area contributed by atoms with Crippen LogP contribution >= 0.6 is 0 Å². The maximum Gasteiger partial charge on any atom is 0.257 e. The van der Waals surface area contributed by atoms with E-state index >= 15 is 0 Å². The summed E-state index contributed by atoms with van der Waals surface area (Å²) in [5.41, 5.74) is 4.03. The van der Waals surface area contributed by atoms with Gasteiger partial charge in [0.25, 0.3) is 5.91 Å². The summed E-state index contributed by atoms with van der Waals surface area (Å²) in [6.45, 7) is 9.52. The Labute approximate surface area is 196 Å². The van der Waals surface area contributed by atoms with Gasteiger partial charge in [-0.25, -0.2) is 5.01 Å². The molecule has 0 unspecified atom stereocenters. The van der Waals surface area contributed by atoms with Crippen LogP contribution < -0.4 is 9.47 Å². The van der Waals surface area contributed by atoms with Gasteiger partial charge in [-0.2, -0.15) is 5.10 Å². The lowest BCUT2D eigenvalue weighted by molar-refractivity contribution is -0.134. The normalized spacial score (nSPS) is 19.5. The van der Waals surface area contributed by atoms with Gasteiger partial charge in [-0.1, -0.05) is 36.8 Å². The molecule has 176 valence electrons. The number of hydrogen-bond donors (Lipinski definition) is 0. The Kier molecular flexibility index (Phi) is 7.30. The largest absolute Gasteiger partial charge is 0.497 e. The molecule has 1 saturated heterocycles. The lowest BCUT2D eigenvalue weighted by Crippen LogP contribution is -2.49. The van der Waals surface area contributed by atoms with Crippen molar-refractivity contribution in [1.29, 1.82) is 0 Å². The van der Waals surface area contributed by atoms with Gasteiger partial charge in [0.05, 0.1) is 32.5 Å². The Bertz CT molecular complexity index is 997. The van der Waals surface area contributed by atoms with E-state index in [0.29, 0.717) is 18.7 Å². The van der Waals surface area contributed by atoms with Crippen molar-refractivity contribution in [3.8, 4) is 11.5 Å². The molecule has 2 aromatic carbocycles. The summed E-state index contributed by atoms with van der Waals surface area (Å²) in [5, 5.41) is 6.53. The average molecular weight is 451 g/mol. The highest BCUT2D eigenvalue weighted by Gasteiger charge is 2.35. The molecular formula is C26H34N4O3. The van der Waals surface area contributed by atoms with Crippen molar-refractivity contribution in [3.63, 3.8) is 0 Å². The highest BCUT2D eigenvalue weighted by molar-refractivity contribution is 6.05. The van der Waals surface area contributed by atoms with Crippen LogP contribution in [0.25, 0.3) is 0 Å². The Balaban J connectivity index is 1.60. The molecule has 0 saturated carbocycles. The van der Waals surface area contributed by atoms with Crippen molar-refractivity contribution in [2.75, 3.05) is 53.5 Å². The third-order valence-electron chi connectivity index (χ3n) is 6.62. The second-order valence-electron chi connectivity index (χ2n) is 8.69. The zero-order chi connectivity index (χ0) is 23.4. The fraction of sp³-hybridized carbons (Fsp3) is 0.462. The monoisotopic (exact) mass is 450 g/mol. The van der Waals surface area contributed by atoms with Gasteiger partial charge in [-0.05, 0) is 31.2 Å². The number of benzene rings is 2. The number of carbonyl (C=O) groups is 1. The van der Waals surface area contributed by atoms with Crippen molar-refractivity contribution in [1.82, 2.24) is 14.8 Å². The van der Waals surface area contributed by atoms with E-state index < -0.39 is 0 Å². The zero-order valence-corrected chi connectivity index (χ0v) is 20.1. The fourth-order valence-corrected chi connectivity index (χ4v) is 4.52. The number of ether oxygens (including phenoxy) is 2. The summed E-state index contributed by atoms with van der Waals surface area (Å²) >= 11 is 0. The predicted molar refractivity (Wildman–Crippen MR) is 130 cm³/mol. The molecule has 1 amide bonds. The number of hydrazone groups is 1. The maximum absolute atomic E-state index is 13.5. The molecule has 7 heteroatoms. The number of likely N-dealkylation sites (N-methyl/N-ethyl adjacent to an activating group) is 1. The number of nitrogens with zero attached hydrogens (tertiary/aromatic N) is 4. The topological polar surface area (TPSA) is 57.6 Å². The van der Waals surface area contributed by atoms with E-state index in [0.717, 1.165) is 55.3 Å². The molecule has 0 aromatic heterocycles. The number of methoxy groups -OCH3 is 2. The molecule has 1 atom stereocenters. The van der Waals surface area contributed by atoms with Crippen LogP contribution in [0.4, 0.5) is 0 Å². The van der Waals surface area contributed by atoms with E-state index in [2.05, 4.69) is 47.9 Å². The Hall–Kier alpha value is -2.90. The van der Waals surface area contributed by atoms with E-state index in [1.165, 1.54) is 5.56 Å². The standard InChI is InChI=1S/C26H34N4O3/c1-5-28-12-14-29(15-13-28)18-26(31)30-24(20-8-6-19(2)7-9-20)17-23(27-30)22-11-10-21(32-3)16-25(22)33-4/h6-11,16,24H,5,12-15,17-18H2,1-4H3/t24-/m1/s1. The highest BCUT2D eigenvalue weighted by Crippen LogP contribution is 2.36. The molecule has 2 heterocycles. The second kappa shape index (κ2) is 10.4. The first-order valence-electron chi connectivity index (χ1n) is 11.7. The van der Waals surface area contributed by atoms with Crippen LogP contribution in [-0.2, 0) is 4.79 Å². The number of amides is 1. The molecule has 2 aliphatic rings. The van der Waals surface area contributed by atoms with Crippen LogP contribution in [0.5, 0.6) is 11.5 Å². The first-order chi connectivity index (χ1) is 16.0. The van der Waals surface area contributed by atoms with E-state index in [-0.39, 0.29) is 11.9 Å². The van der Waals surface area contributed by atoms with Gasteiger partial charge < -0.3 is 14.4 Å². The molecule has 0 N–H and O–H groups in total. The van der Waals surface area contributed by atoms with Gasteiger partial charge in [0.15, 0.2) is 0 Å². The second-order valence-corrected chi connectivity index (χ2v) is 8.69. The van der Waals surface area contributed by atoms with Crippen molar-refractivity contribution >= 4 is 11.6 Å². The van der Waals surface area contributed by atoms with Gasteiger partial charge in [0.2, 0.25) is 0 Å². The third kappa shape index (κ3) is 5.20. The minimum Gasteiger partial charge on any atom is -0.497 e. The van der Waals surface area contributed by atoms with Crippen LogP contribution in [-0.4, -0.2) is 79.9 Å². The van der Waals surface area contributed by atoms with Crippen molar-refractivity contribution in [3.05, 3.63) is 59.2 Å². The van der Waals surface area contributed by atoms with Crippen LogP contribution in [0.3, 0.4) is 0 Å². The molecule has 0 radical (unpaired) electrons. The van der Waals surface area contributed by atoms with E-state index in [1.54, 1.807) is 19.2 Å². The molecule has 0 aliphatic carbocycles. The maximum atomic E-state index is 13.5. The first kappa shape index (κ1) is 23.3. The Morgan fingerprint density at radius 1 is 1.00 bits per heavy atom. The number of hydrogen-bond acceptors (Lipinski definition) is 6. The average Bonchev–Trinajstić information content (AvgIpc) is 3.30. The lowest BCUT2D eigenvalue weighted by atomic mass is 9.97. The van der Waals surface area contributed by atoms with Crippen molar-refractivity contribution < 1.29 is 14.3 Å². The van der Waals surface area contributed by atoms with E-state index in [1.807, 2.05) is 18.2 Å². The number of carbonyl (C=O) groups excluding carboxylic acids is 1. The molecule has 0 spiro atoms. The van der Waals surface area contributed by atoms with Gasteiger partial charge in [0.1, 0.15) is 11.5 Å². The molecule has 1 fully saturated rings. The smallest absolute Gasteiger partial charge is 0.257 e. The summed E-state index contributed by atoms with van der Waals surface area (Å²) in [5.74, 6) is 1.46. The molecule has 7 nitrogen and oxygen atoms in total. The van der Waals surface area contributed by atoms with E-state index in [4.69, 9.17) is 14.6 Å². The zero-order valence-electron chi connectivity index (χ0n) is 20.1. The van der Waals surface area contributed by atoms with Gasteiger partial charge >= 0.3 is 0 Å². The lowest BCUT2D eigenvalue weighted by Gasteiger charge is -2.34. The number of rotatable bonds is 7. The molecule has 2 aromatic rings. The molecule has 0 bridgehead atoms. The predicted octanol–water partition coefficient (Wildman–Crippen LogP) is 3.33. The number of aryl methyl sites for hydroxylation is 1. The minimum absolute atomic E-state index is 0.0352. The summed E-state index contributed by atoms with van der Waals surface area (Å²) < 4.78 is 11.0. The van der Waals surface area contributed by atoms with Crippen molar-refractivity contribution in [2.45, 2.75) is 26.3 Å². The summed E-state index contributed by atoms with van der Waals surface area (Å²) in [6, 6.07) is 14.0. The molecule has 2 aliphatic heterocycles. The quantitative estimate of drug-likeness (QED) is 0.648. The molecule has 4 rings (SSSR count). The Morgan fingerprint density at radius 3 is 2.33 bits per heavy atom. The third-order valence-corrected chi connectivity index (χ3v) is 6.62. The van der Waals surface area contributed by atoms with Gasteiger partial charge in [0, 0.05) is 44.2 Å². The van der Waals surface area contributed by atoms with Crippen molar-refractivity contribution in [2.24, 2.45) is 5.10 Å².